The second-order valence-corrected chi connectivity index (χ2v) is 29.1. The molecule has 1 nitrogen and oxygen atoms in total. The monoisotopic (exact) mass is 1950 g/mol. The summed E-state index contributed by atoms with van der Waals surface area (Å²) in [4.78, 5) is 0. The van der Waals surface area contributed by atoms with Gasteiger partial charge in [-0.15, -0.1) is 0 Å². The summed E-state index contributed by atoms with van der Waals surface area (Å²) >= 11 is 0. The van der Waals surface area contributed by atoms with Crippen molar-refractivity contribution < 1.29 is 31.1 Å². The summed E-state index contributed by atoms with van der Waals surface area (Å²) in [5, 5.41) is 0. The van der Waals surface area contributed by atoms with Gasteiger partial charge in [0, 0.05) is 0 Å². The molecule has 1 atom stereocenters. The Morgan fingerprint density at radius 1 is 0.228 bits per heavy atom. The molecular formula is C127H173B11F6O. The molecule has 0 aliphatic heterocycles. The Labute approximate surface area is 893 Å². The van der Waals surface area contributed by atoms with Crippen LogP contribution < -0.4 is 70.3 Å². The van der Waals surface area contributed by atoms with Crippen LogP contribution >= 0.6 is 0 Å². The highest BCUT2D eigenvalue weighted by molar-refractivity contribution is 6.84. The summed E-state index contributed by atoms with van der Waals surface area (Å²) in [5.74, 6) is 0.0669. The lowest BCUT2D eigenvalue weighted by Crippen LogP contribution is -2.38. The number of hydrogen-bond acceptors (Lipinski definition) is 1. The van der Waals surface area contributed by atoms with Gasteiger partial charge < -0.3 is 4.74 Å². The van der Waals surface area contributed by atoms with Gasteiger partial charge in [0.15, 0.2) is 29.1 Å². The summed E-state index contributed by atoms with van der Waals surface area (Å²) in [6.07, 6.45) is 2.59. The van der Waals surface area contributed by atoms with Gasteiger partial charge in [0.1, 0.15) is 84.3 Å². The summed E-state index contributed by atoms with van der Waals surface area (Å²) in [6.45, 7) is 26.8. The zero-order valence-corrected chi connectivity index (χ0v) is 79.3. The van der Waals surface area contributed by atoms with Crippen molar-refractivity contribution in [2.75, 3.05) is 7.11 Å². The zero-order valence-electron chi connectivity index (χ0n) is 79.3. The smallest absolute Gasteiger partial charge is 0.206 e. The van der Waals surface area contributed by atoms with Crippen molar-refractivity contribution in [1.29, 1.82) is 0 Å². The summed E-state index contributed by atoms with van der Waals surface area (Å²) in [7, 11) is 22.4. The zero-order chi connectivity index (χ0) is 95.8. The molecule has 0 fully saturated rings. The minimum atomic E-state index is -0.202. The summed E-state index contributed by atoms with van der Waals surface area (Å²) in [6, 6.07) is 138. The van der Waals surface area contributed by atoms with E-state index in [2.05, 4.69) is 208 Å². The van der Waals surface area contributed by atoms with Crippen molar-refractivity contribution in [3.05, 3.63) is 499 Å². The van der Waals surface area contributed by atoms with E-state index >= 15 is 0 Å². The van der Waals surface area contributed by atoms with Crippen molar-refractivity contribution in [3.8, 4) is 5.75 Å². The minimum absolute atomic E-state index is 0. The third-order valence-electron chi connectivity index (χ3n) is 19.6. The van der Waals surface area contributed by atoms with Gasteiger partial charge in [0.25, 0.3) is 0 Å². The maximum absolute atomic E-state index is 12.8. The largest absolute Gasteiger partial charge is 0.497 e. The van der Waals surface area contributed by atoms with Gasteiger partial charge in [-0.3, -0.25) is 0 Å². The standard InChI is InChI=1S/C14H13BFO.2C14H13BF.C13H12BF.C13H11BF.C7H7BF.5C7H8B.2C2H6.13CH4/c1-17-14-8-2-11(3-9-14)10-15-12-4-6-13(16)7-5-12;1-11-2-4-12(5-3-11)10-15-13-6-8-14(16)9-7-13;1-11(12-5-3-2-4-6-12)15-13-7-9-14(16)10-8-13;1-14(11-5-3-2-4-6-11)12-7-9-13(15)10-8-12;15-13-8-6-12(7-9-13)14-10-11-4-2-1-3-5-11;1-8-6-2-4-7(9)5-3-6;5*1-8-7-5-3-2-4-6-7;2*1-2;;;;;;;;;;;;;/h2-9H,10H2,1H3;2-9H,10H2,1H3;2-11H,1H3;2-10H,1H3;1-9H,10H2;2-5H,1H3;5*2-6H,1H3;2*1-2H3;13*1H4. The molecule has 762 valence electrons. The predicted molar refractivity (Wildman–Crippen MR) is 664 cm³/mol. The number of rotatable bonds is 21. The highest BCUT2D eigenvalue weighted by Crippen LogP contribution is 2.14. The van der Waals surface area contributed by atoms with Crippen molar-refractivity contribution in [3.63, 3.8) is 0 Å². The Bertz CT molecular complexity index is 5130. The fourth-order valence-corrected chi connectivity index (χ4v) is 11.9. The lowest BCUT2D eigenvalue weighted by atomic mass is 9.43. The van der Waals surface area contributed by atoms with E-state index in [0.717, 1.165) is 57.5 Å². The van der Waals surface area contributed by atoms with Gasteiger partial charge in [-0.2, -0.15) is 0 Å². The maximum atomic E-state index is 12.8. The molecule has 16 aromatic rings. The lowest BCUT2D eigenvalue weighted by molar-refractivity contribution is 0.414. The number of methoxy groups -OCH3 is 1. The molecule has 0 N–H and O–H groups in total. The molecule has 18 heteroatoms. The van der Waals surface area contributed by atoms with Gasteiger partial charge in [0.2, 0.25) is 6.71 Å². The predicted octanol–water partition coefficient (Wildman–Crippen LogP) is 29.2. The van der Waals surface area contributed by atoms with Crippen LogP contribution in [0.2, 0.25) is 47.8 Å². The molecule has 0 heterocycles. The summed E-state index contributed by atoms with van der Waals surface area (Å²) < 4.78 is 80.8. The van der Waals surface area contributed by atoms with Crippen molar-refractivity contribution in [2.24, 2.45) is 0 Å². The third-order valence-corrected chi connectivity index (χ3v) is 19.6. The average Bonchev–Trinajstić information content (AvgIpc) is 0.865. The van der Waals surface area contributed by atoms with Crippen LogP contribution in [0.3, 0.4) is 0 Å². The maximum Gasteiger partial charge on any atom is 0.206 e. The first kappa shape index (κ1) is 153. The molecule has 0 aliphatic carbocycles. The SMILES string of the molecule is C.C.C.C.C.C.C.C.C.C.C.C.C.CB(c1ccccc1)c1ccc(F)cc1.CC.CC.CC([B]c1ccc(F)cc1)c1ccccc1.COc1ccc(C[B]c2ccc(F)cc2)cc1.C[B]c1ccc(F)cc1.C[B]c1ccccc1.C[B]c1ccccc1.C[B]c1ccccc1.C[B]c1ccccc1.C[B]c1ccccc1.Cc1ccc(C[B]c2ccc(F)cc2)cc1.Fc1ccc([B]Cc2ccccc2)cc1. The molecule has 1 unspecified atom stereocenters. The molecule has 0 spiro atoms. The first-order valence-corrected chi connectivity index (χ1v) is 45.1. The molecule has 145 heavy (non-hydrogen) atoms. The van der Waals surface area contributed by atoms with Crippen LogP contribution in [-0.4, -0.2) is 86.6 Å². The highest BCUT2D eigenvalue weighted by Gasteiger charge is 2.13. The molecule has 0 bridgehead atoms. The second kappa shape index (κ2) is 97.7. The van der Waals surface area contributed by atoms with Crippen LogP contribution in [0.15, 0.2) is 437 Å². The molecule has 0 saturated carbocycles. The van der Waals surface area contributed by atoms with Crippen LogP contribution in [0.5, 0.6) is 5.75 Å². The summed E-state index contributed by atoms with van der Waals surface area (Å²) in [5.41, 5.74) is 20.3. The molecule has 0 amide bonds. The molecule has 10 radical (unpaired) electrons. The topological polar surface area (TPSA) is 9.23 Å². The minimum Gasteiger partial charge on any atom is -0.497 e. The first-order valence-electron chi connectivity index (χ1n) is 45.1. The Morgan fingerprint density at radius 2 is 0.421 bits per heavy atom. The molecule has 0 saturated heterocycles. The average molecular weight is 1950 g/mol. The van der Waals surface area contributed by atoms with Crippen molar-refractivity contribution in [2.45, 2.75) is 211 Å². The quantitative estimate of drug-likeness (QED) is 0.0515. The molecule has 0 aromatic heterocycles. The second-order valence-electron chi connectivity index (χ2n) is 29.1. The van der Waals surface area contributed by atoms with Crippen LogP contribution in [0, 0.1) is 41.8 Å². The molecule has 0 aliphatic rings. The molecule has 16 aromatic carbocycles. The number of hydrogen-bond donors (Lipinski definition) is 0. The van der Waals surface area contributed by atoms with Crippen molar-refractivity contribution in [1.82, 2.24) is 0 Å². The number of halogens is 6. The number of aryl methyl sites for hydroxylation is 1. The normalized spacial score (nSPS) is 8.72. The van der Waals surface area contributed by atoms with Gasteiger partial charge >= 0.3 is 0 Å². The fraction of sp³-hybridized carbons (Fsp3) is 0.244. The number of ether oxygens (including phenoxy) is 1. The van der Waals surface area contributed by atoms with Gasteiger partial charge in [-0.1, -0.05) is 624 Å². The van der Waals surface area contributed by atoms with Crippen molar-refractivity contribution >= 4 is 145 Å². The van der Waals surface area contributed by atoms with Gasteiger partial charge in [-0.05, 0) is 117 Å². The van der Waals surface area contributed by atoms with Crippen LogP contribution in [0.25, 0.3) is 0 Å². The van der Waals surface area contributed by atoms with Crippen LogP contribution in [-0.2, 0) is 19.0 Å². The van der Waals surface area contributed by atoms with E-state index in [1.54, 1.807) is 67.8 Å². The lowest BCUT2D eigenvalue weighted by Gasteiger charge is -2.10. The Balaban J connectivity index is -0.000000173. The van der Waals surface area contributed by atoms with Crippen LogP contribution in [0.1, 0.15) is 165 Å². The van der Waals surface area contributed by atoms with Crippen LogP contribution in [0.4, 0.5) is 26.3 Å². The Hall–Kier alpha value is -12.4. The first-order chi connectivity index (χ1) is 64.4. The highest BCUT2D eigenvalue weighted by atomic mass is 19.1. The van der Waals surface area contributed by atoms with Gasteiger partial charge in [0.05, 0.1) is 7.11 Å². The van der Waals surface area contributed by atoms with E-state index < -0.39 is 0 Å². The van der Waals surface area contributed by atoms with E-state index in [1.165, 1.54) is 133 Å². The van der Waals surface area contributed by atoms with E-state index in [0.29, 0.717) is 12.5 Å². The third kappa shape index (κ3) is 70.9. The fourth-order valence-electron chi connectivity index (χ4n) is 11.9. The van der Waals surface area contributed by atoms with Gasteiger partial charge in [-0.25, -0.2) is 26.3 Å². The van der Waals surface area contributed by atoms with E-state index in [9.17, 15) is 26.3 Å². The Kier molecular flexibility index (Phi) is 103. The molecule has 16 rings (SSSR count). The van der Waals surface area contributed by atoms with E-state index in [4.69, 9.17) is 4.74 Å². The number of benzene rings is 16. The van der Waals surface area contributed by atoms with E-state index in [1.807, 2.05) is 258 Å². The molecular weight excluding hydrogens is 1770 g/mol. The Morgan fingerprint density at radius 3 is 0.662 bits per heavy atom. The van der Waals surface area contributed by atoms with E-state index in [-0.39, 0.29) is 131 Å².